The average molecular weight is 613 g/mol. The van der Waals surface area contributed by atoms with Crippen LogP contribution in [0.3, 0.4) is 0 Å². The number of rotatable bonds is 3. The van der Waals surface area contributed by atoms with Gasteiger partial charge in [-0.25, -0.2) is 0 Å². The van der Waals surface area contributed by atoms with Crippen LogP contribution in [0, 0.1) is 0 Å². The Labute approximate surface area is 253 Å². The summed E-state index contributed by atoms with van der Waals surface area (Å²) in [7, 11) is 0. The molecule has 9 rings (SSSR count). The first-order valence-corrected chi connectivity index (χ1v) is 16.1. The molecule has 0 atom stereocenters. The van der Waals surface area contributed by atoms with E-state index in [0.29, 0.717) is 11.6 Å². The van der Waals surface area contributed by atoms with Gasteiger partial charge in [0.15, 0.2) is 0 Å². The van der Waals surface area contributed by atoms with Crippen molar-refractivity contribution in [2.45, 2.75) is 0 Å². The molecule has 3 nitrogen and oxygen atoms in total. The monoisotopic (exact) mass is 613 g/mol. The number of nitrogens with zero attached hydrogens (tertiary/aromatic N) is 3. The molecule has 0 saturated heterocycles. The van der Waals surface area contributed by atoms with Gasteiger partial charge in [-0.1, -0.05) is 0 Å². The quantitative estimate of drug-likeness (QED) is 0.147. The van der Waals surface area contributed by atoms with Crippen molar-refractivity contribution in [1.82, 2.24) is 15.0 Å². The van der Waals surface area contributed by atoms with Gasteiger partial charge in [0.05, 0.1) is 0 Å². The normalized spacial score (nSPS) is 11.7. The van der Waals surface area contributed by atoms with Crippen molar-refractivity contribution < 1.29 is 0 Å². The Hall–Kier alpha value is -5.15. The fourth-order valence-corrected chi connectivity index (χ4v) is 9.08. The minimum absolute atomic E-state index is 0.0908. The Bertz CT molecular complexity index is 2510. The first kappa shape index (κ1) is 24.4. The van der Waals surface area contributed by atoms with Gasteiger partial charge in [0.1, 0.15) is 0 Å². The van der Waals surface area contributed by atoms with Gasteiger partial charge < -0.3 is 0 Å². The van der Waals surface area contributed by atoms with Crippen molar-refractivity contribution in [3.8, 4) is 34.2 Å². The van der Waals surface area contributed by atoms with Gasteiger partial charge in [-0.3, -0.25) is 0 Å². The van der Waals surface area contributed by atoms with Crippen LogP contribution in [0.2, 0.25) is 0 Å². The van der Waals surface area contributed by atoms with E-state index in [-0.39, 0.29) is 14.5 Å². The second kappa shape index (κ2) is 9.71. The molecule has 7 aromatic carbocycles. The number of hydrogen-bond donors (Lipinski definition) is 0. The minimum atomic E-state index is 0.0908. The molecule has 0 spiro atoms. The summed E-state index contributed by atoms with van der Waals surface area (Å²) >= 11 is 0.0908. The Morgan fingerprint density at radius 2 is 1.00 bits per heavy atom. The molecular weight excluding hydrogens is 589 g/mol. The molecule has 0 fully saturated rings. The Morgan fingerprint density at radius 3 is 1.88 bits per heavy atom. The first-order valence-electron chi connectivity index (χ1n) is 14.4. The van der Waals surface area contributed by atoms with Crippen molar-refractivity contribution in [2.24, 2.45) is 0 Å². The zero-order valence-electron chi connectivity index (χ0n) is 23.0. The molecule has 9 aromatic rings. The maximum absolute atomic E-state index is 5.15. The molecule has 0 saturated carbocycles. The standard InChI is InChI=1S/C39H23N3Se/c1-2-11-27(12-3-1)37-40-38(29-20-17-24-9-4-5-13-28(24)23-29)42-39(41-37)33-16-8-15-31-32-22-21-26-19-18-25-10-6-7-14-30(25)34(26)36(32)43-35(31)33/h1-23H. The van der Waals surface area contributed by atoms with E-state index >= 15 is 0 Å². The van der Waals surface area contributed by atoms with Crippen LogP contribution >= 0.6 is 0 Å². The summed E-state index contributed by atoms with van der Waals surface area (Å²) in [4.78, 5) is 15.2. The van der Waals surface area contributed by atoms with Crippen LogP contribution < -0.4 is 0 Å². The molecular formula is C39H23N3Se. The molecule has 0 unspecified atom stereocenters. The third-order valence-electron chi connectivity index (χ3n) is 8.29. The van der Waals surface area contributed by atoms with Gasteiger partial charge in [0.2, 0.25) is 0 Å². The predicted molar refractivity (Wildman–Crippen MR) is 181 cm³/mol. The summed E-state index contributed by atoms with van der Waals surface area (Å²) in [5.41, 5.74) is 3.05. The van der Waals surface area contributed by atoms with E-state index in [2.05, 4.69) is 121 Å². The van der Waals surface area contributed by atoms with Crippen molar-refractivity contribution in [1.29, 1.82) is 0 Å². The van der Waals surface area contributed by atoms with Crippen molar-refractivity contribution in [2.75, 3.05) is 0 Å². The van der Waals surface area contributed by atoms with Gasteiger partial charge >= 0.3 is 255 Å². The van der Waals surface area contributed by atoms with E-state index in [0.717, 1.165) is 22.5 Å². The molecule has 0 aliphatic rings. The summed E-state index contributed by atoms with van der Waals surface area (Å²) in [6.07, 6.45) is 0. The Morgan fingerprint density at radius 1 is 0.372 bits per heavy atom. The Kier molecular flexibility index (Phi) is 5.52. The Balaban J connectivity index is 1.32. The SMILES string of the molecule is c1ccc(-c2nc(-c3ccc4ccccc4c3)nc(-c3cccc4c3[se]c3c4ccc4ccc5ccccc5c43)n2)cc1. The van der Waals surface area contributed by atoms with Crippen LogP contribution in [0.15, 0.2) is 140 Å². The topological polar surface area (TPSA) is 38.7 Å². The summed E-state index contributed by atoms with van der Waals surface area (Å²) in [5, 5.41) is 10.2. The summed E-state index contributed by atoms with van der Waals surface area (Å²) < 4.78 is 2.77. The van der Waals surface area contributed by atoms with Gasteiger partial charge in [0.25, 0.3) is 0 Å². The van der Waals surface area contributed by atoms with Gasteiger partial charge in [0, 0.05) is 0 Å². The van der Waals surface area contributed by atoms with E-state index in [1.807, 2.05) is 18.2 Å². The molecule has 0 aliphatic heterocycles. The summed E-state index contributed by atoms with van der Waals surface area (Å²) in [6.45, 7) is 0. The number of fused-ring (bicyclic) bond motifs is 8. The van der Waals surface area contributed by atoms with Crippen LogP contribution in [0.25, 0.3) is 85.8 Å². The third-order valence-corrected chi connectivity index (χ3v) is 11.0. The van der Waals surface area contributed by atoms with Crippen LogP contribution in [-0.4, -0.2) is 29.5 Å². The second-order valence-corrected chi connectivity index (χ2v) is 13.0. The first-order chi connectivity index (χ1) is 21.3. The second-order valence-electron chi connectivity index (χ2n) is 10.8. The summed E-state index contributed by atoms with van der Waals surface area (Å²) in [5.74, 6) is 2.09. The molecule has 2 aromatic heterocycles. The van der Waals surface area contributed by atoms with E-state index in [1.165, 1.54) is 51.6 Å². The molecule has 2 heterocycles. The van der Waals surface area contributed by atoms with Gasteiger partial charge in [-0.05, 0) is 0 Å². The molecule has 0 aliphatic carbocycles. The molecule has 0 N–H and O–H groups in total. The number of benzene rings is 7. The molecule has 43 heavy (non-hydrogen) atoms. The molecule has 0 bridgehead atoms. The maximum atomic E-state index is 5.15. The average Bonchev–Trinajstić information content (AvgIpc) is 3.47. The number of hydrogen-bond acceptors (Lipinski definition) is 3. The fraction of sp³-hybridized carbons (Fsp3) is 0. The zero-order valence-corrected chi connectivity index (χ0v) is 24.7. The van der Waals surface area contributed by atoms with E-state index in [4.69, 9.17) is 15.0 Å². The molecule has 0 amide bonds. The van der Waals surface area contributed by atoms with Crippen LogP contribution in [-0.2, 0) is 0 Å². The van der Waals surface area contributed by atoms with E-state index < -0.39 is 0 Å². The number of aromatic nitrogens is 3. The van der Waals surface area contributed by atoms with Gasteiger partial charge in [-0.15, -0.1) is 0 Å². The molecule has 200 valence electrons. The van der Waals surface area contributed by atoms with Crippen LogP contribution in [0.1, 0.15) is 0 Å². The fourth-order valence-electron chi connectivity index (χ4n) is 6.19. The van der Waals surface area contributed by atoms with Crippen molar-refractivity contribution in [3.05, 3.63) is 140 Å². The van der Waals surface area contributed by atoms with Crippen molar-refractivity contribution in [3.63, 3.8) is 0 Å². The predicted octanol–water partition coefficient (Wildman–Crippen LogP) is 9.70. The van der Waals surface area contributed by atoms with Crippen LogP contribution in [0.5, 0.6) is 0 Å². The van der Waals surface area contributed by atoms with E-state index in [1.54, 1.807) is 0 Å². The van der Waals surface area contributed by atoms with Gasteiger partial charge in [-0.2, -0.15) is 0 Å². The zero-order chi connectivity index (χ0) is 28.3. The molecule has 4 heteroatoms. The van der Waals surface area contributed by atoms with Crippen LogP contribution in [0.4, 0.5) is 0 Å². The van der Waals surface area contributed by atoms with Crippen molar-refractivity contribution >= 4 is 66.1 Å². The molecule has 0 radical (unpaired) electrons. The van der Waals surface area contributed by atoms with E-state index in [9.17, 15) is 0 Å². The summed E-state index contributed by atoms with van der Waals surface area (Å²) in [6, 6.07) is 49.4. The third kappa shape index (κ3) is 3.99.